The molecule has 0 rings (SSSR count). The Balaban J connectivity index is -0.0000000279. The van der Waals surface area contributed by atoms with E-state index >= 15 is 0 Å². The molecule has 0 amide bonds. The predicted molar refractivity (Wildman–Crippen MR) is 42.1 cm³/mol. The monoisotopic (exact) mass is 470 g/mol. The molecule has 0 aromatic rings. The Kier molecular flexibility index (Phi) is 68.2. The summed E-state index contributed by atoms with van der Waals surface area (Å²) in [6.45, 7) is 0. The summed E-state index contributed by atoms with van der Waals surface area (Å²) in [5.74, 6) is 0. The molecule has 0 fully saturated rings. The van der Waals surface area contributed by atoms with Gasteiger partial charge in [0.05, 0.1) is 20.3 Å². The van der Waals surface area contributed by atoms with Crippen molar-refractivity contribution in [3.63, 3.8) is 0 Å². The minimum absolute atomic E-state index is 0. The average Bonchev–Trinajstić information content (AvgIpc) is 2.01. The van der Waals surface area contributed by atoms with Crippen LogP contribution in [-0.2, 0) is 41.3 Å². The van der Waals surface area contributed by atoms with Crippen LogP contribution in [0.4, 0.5) is 0 Å². The summed E-state index contributed by atoms with van der Waals surface area (Å²) < 4.78 is 8.14. The molecule has 0 unspecified atom stereocenters. The smallest absolute Gasteiger partial charge is 3.00 e. The number of hydrogen-bond donors (Lipinski definition) is 0. The average molecular weight is 470 g/mol. The van der Waals surface area contributed by atoms with Crippen LogP contribution < -0.4 is 0 Å². The summed E-state index contributed by atoms with van der Waals surface area (Å²) in [6, 6.07) is 0. The topological polar surface area (TPSA) is 282 Å². The van der Waals surface area contributed by atoms with Crippen LogP contribution in [0.5, 0.6) is 0 Å². The van der Waals surface area contributed by atoms with E-state index in [-0.39, 0.29) is 19.5 Å². The van der Waals surface area contributed by atoms with Crippen LogP contribution in [-0.4, -0.2) is 20.3 Å². The molecule has 0 aromatic carbocycles. The molecular formula is N4O13Rh2. The number of nitrogens with zero attached hydrogens (tertiary/aromatic N) is 4. The zero-order valence-corrected chi connectivity index (χ0v) is 11.0. The second-order valence-electron chi connectivity index (χ2n) is 0.894. The van der Waals surface area contributed by atoms with Gasteiger partial charge in [-0.2, -0.15) is 0 Å². The van der Waals surface area contributed by atoms with Crippen LogP contribution in [0.25, 0.3) is 0 Å². The van der Waals surface area contributed by atoms with E-state index in [1.54, 1.807) is 0 Å². The summed E-state index contributed by atoms with van der Waals surface area (Å²) in [6.07, 6.45) is 0. The Bertz CT molecular complexity index is 175. The Labute approximate surface area is 123 Å². The van der Waals surface area contributed by atoms with Gasteiger partial charge in [0.2, 0.25) is 0 Å². The zero-order valence-electron chi connectivity index (χ0n) is 7.76. The van der Waals surface area contributed by atoms with Crippen molar-refractivity contribution in [2.75, 3.05) is 0 Å². The van der Waals surface area contributed by atoms with Gasteiger partial charge in [0, 0.05) is 0 Å². The van der Waals surface area contributed by atoms with Gasteiger partial charge in [-0.05, 0) is 0 Å². The van der Waals surface area contributed by atoms with E-state index in [2.05, 4.69) is 0 Å². The summed E-state index contributed by atoms with van der Waals surface area (Å²) in [4.78, 5) is 33.0. The van der Waals surface area contributed by atoms with Gasteiger partial charge in [0.1, 0.15) is 0 Å². The molecule has 0 atom stereocenters. The number of rotatable bonds is 0. The molecule has 0 bridgehead atoms. The maximum absolute atomic E-state index is 8.25. The third kappa shape index (κ3) is 655. The molecule has 19 heteroatoms. The summed E-state index contributed by atoms with van der Waals surface area (Å²) in [7, 11) is 0. The van der Waals surface area contributed by atoms with Crippen molar-refractivity contribution < 1.29 is 61.7 Å². The van der Waals surface area contributed by atoms with E-state index in [9.17, 15) is 0 Å². The minimum atomic E-state index is -1.75. The third-order valence-electron chi connectivity index (χ3n) is 0. The first-order valence-electron chi connectivity index (χ1n) is 2.33. The fourth-order valence-electron chi connectivity index (χ4n) is 0. The molecule has 0 aliphatic carbocycles. The van der Waals surface area contributed by atoms with Crippen LogP contribution >= 0.6 is 0 Å². The maximum Gasteiger partial charge on any atom is 3.00 e. The Morgan fingerprint density at radius 2 is 0.474 bits per heavy atom. The van der Waals surface area contributed by atoms with Crippen molar-refractivity contribution in [3.05, 3.63) is 61.3 Å². The first-order valence-corrected chi connectivity index (χ1v) is 3.00. The minimum Gasteiger partial charge on any atom is 3.00 e. The van der Waals surface area contributed by atoms with Gasteiger partial charge in [0.25, 0.3) is 0 Å². The SMILES string of the molecule is O=[N+]([O-])[O-].O=[N+]([O-])[O-].O=[N+]([O-])[O-].O=[N+]([O-])[O-].[O]=[Rh+].[Rh+3]. The molecule has 0 spiro atoms. The Hall–Kier alpha value is -2.15. The van der Waals surface area contributed by atoms with E-state index in [4.69, 9.17) is 64.9 Å². The van der Waals surface area contributed by atoms with Crippen molar-refractivity contribution in [1.82, 2.24) is 0 Å². The summed E-state index contributed by atoms with van der Waals surface area (Å²) in [5.41, 5.74) is 0. The zero-order chi connectivity index (χ0) is 16.3. The van der Waals surface area contributed by atoms with Gasteiger partial charge < -0.3 is 61.3 Å². The van der Waals surface area contributed by atoms with Gasteiger partial charge in [-0.3, -0.25) is 0 Å². The van der Waals surface area contributed by atoms with Crippen molar-refractivity contribution in [2.24, 2.45) is 0 Å². The van der Waals surface area contributed by atoms with E-state index < -0.39 is 20.3 Å². The van der Waals surface area contributed by atoms with Gasteiger partial charge in [0.15, 0.2) is 0 Å². The standard InChI is InChI=1S/4NO3.O.2Rh/c4*2-1(3)4;;;/q4*-1;;+1;+3. The molecule has 17 nitrogen and oxygen atoms in total. The molecule has 0 saturated heterocycles. The van der Waals surface area contributed by atoms with E-state index in [1.807, 2.05) is 0 Å². The molecule has 0 saturated carbocycles. The Morgan fingerprint density at radius 3 is 0.474 bits per heavy atom. The van der Waals surface area contributed by atoms with E-state index in [0.717, 1.165) is 0 Å². The number of hydrogen-bond acceptors (Lipinski definition) is 13. The van der Waals surface area contributed by atoms with Crippen molar-refractivity contribution in [2.45, 2.75) is 0 Å². The molecule has 0 aromatic heterocycles. The quantitative estimate of drug-likeness (QED) is 0.232. The Morgan fingerprint density at radius 1 is 0.474 bits per heavy atom. The van der Waals surface area contributed by atoms with Crippen molar-refractivity contribution >= 4 is 0 Å². The van der Waals surface area contributed by atoms with E-state index in [1.165, 1.54) is 18.3 Å². The molecule has 116 valence electrons. The summed E-state index contributed by atoms with van der Waals surface area (Å²) in [5, 5.41) is 59.0. The second kappa shape index (κ2) is 36.0. The van der Waals surface area contributed by atoms with Crippen LogP contribution in [0.3, 0.4) is 0 Å². The second-order valence-corrected chi connectivity index (χ2v) is 0.894. The maximum atomic E-state index is 8.25. The van der Waals surface area contributed by atoms with Crippen LogP contribution in [0.15, 0.2) is 0 Å². The largest absolute Gasteiger partial charge is 3.00 e. The molecule has 0 heterocycles. The third-order valence-corrected chi connectivity index (χ3v) is 0. The van der Waals surface area contributed by atoms with Gasteiger partial charge in [-0.15, -0.1) is 0 Å². The normalized spacial score (nSPS) is 5.32. The molecule has 19 heavy (non-hydrogen) atoms. The summed E-state index contributed by atoms with van der Waals surface area (Å²) >= 11 is 1.30. The van der Waals surface area contributed by atoms with Gasteiger partial charge in [-0.25, -0.2) is 0 Å². The first kappa shape index (κ1) is 36.0. The fourth-order valence-corrected chi connectivity index (χ4v) is 0. The first-order chi connectivity index (χ1) is 7.93. The van der Waals surface area contributed by atoms with Gasteiger partial charge >= 0.3 is 41.3 Å². The van der Waals surface area contributed by atoms with E-state index in [0.29, 0.717) is 0 Å². The van der Waals surface area contributed by atoms with Crippen LogP contribution in [0.1, 0.15) is 0 Å². The van der Waals surface area contributed by atoms with Crippen LogP contribution in [0, 0.1) is 61.3 Å². The molecule has 0 aliphatic rings. The fraction of sp³-hybridized carbons (Fsp3) is 0. The predicted octanol–water partition coefficient (Wildman–Crippen LogP) is -1.08. The molecule has 0 aliphatic heterocycles. The molecular weight excluding hydrogens is 470 g/mol. The molecule has 0 N–H and O–H groups in total. The van der Waals surface area contributed by atoms with Gasteiger partial charge in [-0.1, -0.05) is 0 Å². The van der Waals surface area contributed by atoms with Crippen molar-refractivity contribution in [3.8, 4) is 0 Å². The molecule has 0 radical (unpaired) electrons. The van der Waals surface area contributed by atoms with Crippen molar-refractivity contribution in [1.29, 1.82) is 0 Å². The van der Waals surface area contributed by atoms with Crippen LogP contribution in [0.2, 0.25) is 0 Å².